The first kappa shape index (κ1) is 13.9. The van der Waals surface area contributed by atoms with Gasteiger partial charge >= 0.3 is 5.97 Å². The molecule has 1 saturated heterocycles. The molecule has 1 amide bonds. The highest BCUT2D eigenvalue weighted by atomic mass is 32.2. The van der Waals surface area contributed by atoms with Gasteiger partial charge in [-0.2, -0.15) is 16.9 Å². The quantitative estimate of drug-likeness (QED) is 0.864. The van der Waals surface area contributed by atoms with E-state index in [0.29, 0.717) is 23.6 Å². The Balaban J connectivity index is 2.34. The van der Waals surface area contributed by atoms with Crippen LogP contribution in [0.25, 0.3) is 0 Å². The first-order valence-electron chi connectivity index (χ1n) is 6.05. The fraction of sp³-hybridized carbons (Fsp3) is 0.583. The van der Waals surface area contributed by atoms with Gasteiger partial charge in [-0.1, -0.05) is 0 Å². The van der Waals surface area contributed by atoms with E-state index < -0.39 is 12.0 Å². The number of aliphatic carboxylic acids is 1. The summed E-state index contributed by atoms with van der Waals surface area (Å²) in [5.74, 6) is 0.0448. The van der Waals surface area contributed by atoms with E-state index >= 15 is 0 Å². The van der Waals surface area contributed by atoms with E-state index in [9.17, 15) is 14.7 Å². The van der Waals surface area contributed by atoms with Crippen molar-refractivity contribution < 1.29 is 14.7 Å². The molecule has 2 heterocycles. The monoisotopic (exact) mass is 283 g/mol. The Morgan fingerprint density at radius 1 is 1.42 bits per heavy atom. The van der Waals surface area contributed by atoms with Crippen LogP contribution in [0.4, 0.5) is 0 Å². The van der Waals surface area contributed by atoms with Crippen molar-refractivity contribution in [2.75, 3.05) is 18.1 Å². The maximum absolute atomic E-state index is 12.6. The van der Waals surface area contributed by atoms with Crippen LogP contribution >= 0.6 is 11.8 Å². The van der Waals surface area contributed by atoms with Crippen molar-refractivity contribution in [3.05, 3.63) is 17.0 Å². The molecule has 1 N–H and O–H groups in total. The van der Waals surface area contributed by atoms with Crippen molar-refractivity contribution in [2.45, 2.75) is 19.9 Å². The first-order chi connectivity index (χ1) is 8.93. The predicted molar refractivity (Wildman–Crippen MR) is 72.5 cm³/mol. The Hall–Kier alpha value is -1.50. The first-order valence-corrected chi connectivity index (χ1v) is 7.20. The standard InChI is InChI=1S/C12H17N3O3S/c1-7-10(8(2)14(3)13-7)11(16)15-4-5-19-6-9(15)12(17)18/h9H,4-6H2,1-3H3,(H,17,18). The number of carbonyl (C=O) groups excluding carboxylic acids is 1. The highest BCUT2D eigenvalue weighted by Crippen LogP contribution is 2.22. The van der Waals surface area contributed by atoms with Gasteiger partial charge in [0.1, 0.15) is 6.04 Å². The summed E-state index contributed by atoms with van der Waals surface area (Å²) in [7, 11) is 1.78. The number of hydrogen-bond acceptors (Lipinski definition) is 4. The zero-order valence-electron chi connectivity index (χ0n) is 11.2. The number of aromatic nitrogens is 2. The molecule has 2 rings (SSSR count). The van der Waals surface area contributed by atoms with Gasteiger partial charge in [-0.15, -0.1) is 0 Å². The van der Waals surface area contributed by atoms with E-state index in [1.165, 1.54) is 4.90 Å². The lowest BCUT2D eigenvalue weighted by Gasteiger charge is -2.32. The Kier molecular flexibility index (Phi) is 3.84. The molecule has 0 saturated carbocycles. The summed E-state index contributed by atoms with van der Waals surface area (Å²) in [6.45, 7) is 4.06. The SMILES string of the molecule is Cc1nn(C)c(C)c1C(=O)N1CCSCC1C(=O)O. The van der Waals surface area contributed by atoms with Crippen LogP contribution in [-0.4, -0.2) is 55.8 Å². The number of carbonyl (C=O) groups is 2. The molecular formula is C12H17N3O3S. The van der Waals surface area contributed by atoms with Crippen molar-refractivity contribution in [1.29, 1.82) is 0 Å². The number of hydrogen-bond donors (Lipinski definition) is 1. The molecule has 1 atom stereocenters. The summed E-state index contributed by atoms with van der Waals surface area (Å²) in [5.41, 5.74) is 1.94. The molecule has 0 radical (unpaired) electrons. The van der Waals surface area contributed by atoms with Crippen LogP contribution in [0.2, 0.25) is 0 Å². The molecule has 104 valence electrons. The number of amides is 1. The lowest BCUT2D eigenvalue weighted by Crippen LogP contribution is -2.50. The van der Waals surface area contributed by atoms with E-state index in [4.69, 9.17) is 0 Å². The van der Waals surface area contributed by atoms with E-state index in [2.05, 4.69) is 5.10 Å². The Bertz CT molecular complexity index is 527. The summed E-state index contributed by atoms with van der Waals surface area (Å²) in [5, 5.41) is 13.4. The molecule has 19 heavy (non-hydrogen) atoms. The highest BCUT2D eigenvalue weighted by molar-refractivity contribution is 7.99. The van der Waals surface area contributed by atoms with Crippen LogP contribution in [0.15, 0.2) is 0 Å². The lowest BCUT2D eigenvalue weighted by atomic mass is 10.1. The van der Waals surface area contributed by atoms with Gasteiger partial charge in [0.2, 0.25) is 0 Å². The Morgan fingerprint density at radius 2 is 2.11 bits per heavy atom. The predicted octanol–water partition coefficient (Wildman–Crippen LogP) is 0.679. The molecule has 0 bridgehead atoms. The molecule has 1 aromatic heterocycles. The number of carboxylic acids is 1. The molecule has 6 nitrogen and oxygen atoms in total. The molecule has 0 aliphatic carbocycles. The van der Waals surface area contributed by atoms with Crippen LogP contribution in [0.5, 0.6) is 0 Å². The molecule has 7 heteroatoms. The molecule has 0 aromatic carbocycles. The van der Waals surface area contributed by atoms with Crippen molar-refractivity contribution in [3.8, 4) is 0 Å². The van der Waals surface area contributed by atoms with Gasteiger partial charge < -0.3 is 10.0 Å². The summed E-state index contributed by atoms with van der Waals surface area (Å²) in [4.78, 5) is 25.3. The minimum Gasteiger partial charge on any atom is -0.480 e. The molecule has 1 aromatic rings. The average Bonchev–Trinajstić information content (AvgIpc) is 2.62. The van der Waals surface area contributed by atoms with Crippen molar-refractivity contribution in [1.82, 2.24) is 14.7 Å². The molecular weight excluding hydrogens is 266 g/mol. The molecule has 0 spiro atoms. The second-order valence-electron chi connectivity index (χ2n) is 4.60. The van der Waals surface area contributed by atoms with Crippen LogP contribution in [0.3, 0.4) is 0 Å². The topological polar surface area (TPSA) is 75.4 Å². The highest BCUT2D eigenvalue weighted by Gasteiger charge is 2.34. The van der Waals surface area contributed by atoms with Gasteiger partial charge in [0.05, 0.1) is 11.3 Å². The van der Waals surface area contributed by atoms with Crippen molar-refractivity contribution in [2.24, 2.45) is 7.05 Å². The lowest BCUT2D eigenvalue weighted by molar-refractivity contribution is -0.141. The average molecular weight is 283 g/mol. The fourth-order valence-electron chi connectivity index (χ4n) is 2.28. The minimum atomic E-state index is -0.945. The molecule has 1 aliphatic rings. The number of nitrogens with zero attached hydrogens (tertiary/aromatic N) is 3. The van der Waals surface area contributed by atoms with Crippen LogP contribution in [-0.2, 0) is 11.8 Å². The van der Waals surface area contributed by atoms with Gasteiger partial charge in [-0.25, -0.2) is 4.79 Å². The number of thioether (sulfide) groups is 1. The van der Waals surface area contributed by atoms with E-state index in [-0.39, 0.29) is 5.91 Å². The summed E-state index contributed by atoms with van der Waals surface area (Å²) < 4.78 is 1.65. The van der Waals surface area contributed by atoms with Crippen LogP contribution in [0.1, 0.15) is 21.7 Å². The minimum absolute atomic E-state index is 0.226. The summed E-state index contributed by atoms with van der Waals surface area (Å²) in [6.07, 6.45) is 0. The summed E-state index contributed by atoms with van der Waals surface area (Å²) in [6, 6.07) is -0.745. The number of carboxylic acid groups (broad SMARTS) is 1. The Morgan fingerprint density at radius 3 is 2.63 bits per heavy atom. The van der Waals surface area contributed by atoms with Gasteiger partial charge in [0.15, 0.2) is 0 Å². The van der Waals surface area contributed by atoms with Crippen LogP contribution < -0.4 is 0 Å². The zero-order valence-corrected chi connectivity index (χ0v) is 12.0. The van der Waals surface area contributed by atoms with E-state index in [0.717, 1.165) is 11.4 Å². The van der Waals surface area contributed by atoms with Gasteiger partial charge in [-0.3, -0.25) is 9.48 Å². The second kappa shape index (κ2) is 5.24. The van der Waals surface area contributed by atoms with Crippen LogP contribution in [0, 0.1) is 13.8 Å². The summed E-state index contributed by atoms with van der Waals surface area (Å²) >= 11 is 1.57. The maximum Gasteiger partial charge on any atom is 0.327 e. The smallest absolute Gasteiger partial charge is 0.327 e. The third kappa shape index (κ3) is 2.47. The molecule has 1 unspecified atom stereocenters. The molecule has 1 fully saturated rings. The number of rotatable bonds is 2. The third-order valence-electron chi connectivity index (χ3n) is 3.40. The van der Waals surface area contributed by atoms with E-state index in [1.807, 2.05) is 6.92 Å². The van der Waals surface area contributed by atoms with Gasteiger partial charge in [0, 0.05) is 30.8 Å². The second-order valence-corrected chi connectivity index (χ2v) is 5.75. The zero-order chi connectivity index (χ0) is 14.2. The van der Waals surface area contributed by atoms with E-state index in [1.54, 1.807) is 30.4 Å². The third-order valence-corrected chi connectivity index (χ3v) is 4.42. The van der Waals surface area contributed by atoms with Gasteiger partial charge in [-0.05, 0) is 13.8 Å². The fourth-order valence-corrected chi connectivity index (χ4v) is 3.32. The van der Waals surface area contributed by atoms with Crippen molar-refractivity contribution >= 4 is 23.6 Å². The molecule has 1 aliphatic heterocycles. The maximum atomic E-state index is 12.6. The Labute approximate surface area is 115 Å². The van der Waals surface area contributed by atoms with Crippen molar-refractivity contribution in [3.63, 3.8) is 0 Å². The number of aryl methyl sites for hydroxylation is 2. The van der Waals surface area contributed by atoms with Gasteiger partial charge in [0.25, 0.3) is 5.91 Å². The normalized spacial score (nSPS) is 19.5. The largest absolute Gasteiger partial charge is 0.480 e.